The van der Waals surface area contributed by atoms with Gasteiger partial charge in [-0.15, -0.1) is 6.58 Å². The number of benzene rings is 2. The van der Waals surface area contributed by atoms with Crippen LogP contribution in [0, 0.1) is 0 Å². The molecule has 1 aliphatic heterocycles. The molecule has 2 aromatic rings. The zero-order chi connectivity index (χ0) is 22.5. The molecule has 5 nitrogen and oxygen atoms in total. The van der Waals surface area contributed by atoms with Gasteiger partial charge >= 0.3 is 0 Å². The van der Waals surface area contributed by atoms with Gasteiger partial charge in [-0.05, 0) is 61.0 Å². The van der Waals surface area contributed by atoms with E-state index in [4.69, 9.17) is 32.7 Å². The number of nitrogens with zero attached hydrogens (tertiary/aromatic N) is 1. The average molecular weight is 478 g/mol. The number of thioether (sulfide) groups is 1. The number of carbonyl (C=O) groups is 2. The standard InChI is InChI=1S/C23H21Cl2NO4S/c1-4-7-15-10-14(11-19(30-5-2)21(15)29-3)12-20-22(27)26(23(28)31-20)13-16-17(24)8-6-9-18(16)25/h4,6,8-12H,1,5,7,13H2,2-3H3/b20-12+. The van der Waals surface area contributed by atoms with E-state index >= 15 is 0 Å². The van der Waals surface area contributed by atoms with Gasteiger partial charge in [0.25, 0.3) is 11.1 Å². The molecule has 0 radical (unpaired) electrons. The van der Waals surface area contributed by atoms with Gasteiger partial charge in [-0.25, -0.2) is 0 Å². The maximum atomic E-state index is 12.9. The molecule has 0 aliphatic carbocycles. The third kappa shape index (κ3) is 5.09. The van der Waals surface area contributed by atoms with Crippen LogP contribution < -0.4 is 9.47 Å². The largest absolute Gasteiger partial charge is 0.493 e. The van der Waals surface area contributed by atoms with Crippen molar-refractivity contribution in [1.82, 2.24) is 4.90 Å². The van der Waals surface area contributed by atoms with Gasteiger partial charge in [0.15, 0.2) is 11.5 Å². The Morgan fingerprint density at radius 2 is 1.90 bits per heavy atom. The number of rotatable bonds is 8. The average Bonchev–Trinajstić information content (AvgIpc) is 2.98. The minimum Gasteiger partial charge on any atom is -0.493 e. The number of carbonyl (C=O) groups excluding carboxylic acids is 2. The molecule has 0 N–H and O–H groups in total. The molecule has 2 aromatic carbocycles. The van der Waals surface area contributed by atoms with Gasteiger partial charge in [-0.1, -0.05) is 35.3 Å². The van der Waals surface area contributed by atoms with E-state index in [1.807, 2.05) is 13.0 Å². The zero-order valence-electron chi connectivity index (χ0n) is 17.1. The topological polar surface area (TPSA) is 55.8 Å². The summed E-state index contributed by atoms with van der Waals surface area (Å²) in [5, 5.41) is 0.430. The Kier molecular flexibility index (Phi) is 7.70. The highest BCUT2D eigenvalue weighted by Crippen LogP contribution is 2.38. The molecule has 1 aliphatic rings. The molecular formula is C23H21Cl2NO4S. The summed E-state index contributed by atoms with van der Waals surface area (Å²) in [4.78, 5) is 26.9. The van der Waals surface area contributed by atoms with Gasteiger partial charge in [0.05, 0.1) is 25.2 Å². The fraction of sp³-hybridized carbons (Fsp3) is 0.217. The van der Waals surface area contributed by atoms with Crippen molar-refractivity contribution >= 4 is 52.2 Å². The number of ether oxygens (including phenoxy) is 2. The minimum atomic E-state index is -0.398. The van der Waals surface area contributed by atoms with Crippen LogP contribution in [-0.4, -0.2) is 29.8 Å². The molecule has 0 spiro atoms. The van der Waals surface area contributed by atoms with Crippen LogP contribution in [0.4, 0.5) is 4.79 Å². The molecule has 0 bridgehead atoms. The van der Waals surface area contributed by atoms with Crippen LogP contribution in [0.2, 0.25) is 10.0 Å². The van der Waals surface area contributed by atoms with Crippen molar-refractivity contribution in [2.24, 2.45) is 0 Å². The molecule has 0 aromatic heterocycles. The number of imide groups is 1. The SMILES string of the molecule is C=CCc1cc(/C=C2/SC(=O)N(Cc3c(Cl)cccc3Cl)C2=O)cc(OCC)c1OC. The van der Waals surface area contributed by atoms with Gasteiger partial charge in [-0.3, -0.25) is 14.5 Å². The number of hydrogen-bond acceptors (Lipinski definition) is 5. The molecule has 8 heteroatoms. The molecule has 0 atom stereocenters. The van der Waals surface area contributed by atoms with Crippen molar-refractivity contribution in [2.45, 2.75) is 19.9 Å². The summed E-state index contributed by atoms with van der Waals surface area (Å²) < 4.78 is 11.2. The Bertz CT molecular complexity index is 1050. The highest BCUT2D eigenvalue weighted by atomic mass is 35.5. The Balaban J connectivity index is 1.94. The van der Waals surface area contributed by atoms with Gasteiger partial charge < -0.3 is 9.47 Å². The van der Waals surface area contributed by atoms with E-state index in [-0.39, 0.29) is 11.8 Å². The number of methoxy groups -OCH3 is 1. The summed E-state index contributed by atoms with van der Waals surface area (Å²) in [6.07, 6.45) is 4.00. The van der Waals surface area contributed by atoms with Crippen molar-refractivity contribution < 1.29 is 19.1 Å². The zero-order valence-corrected chi connectivity index (χ0v) is 19.4. The smallest absolute Gasteiger partial charge is 0.293 e. The predicted octanol–water partition coefficient (Wildman–Crippen LogP) is 6.37. The maximum absolute atomic E-state index is 12.9. The second-order valence-electron chi connectivity index (χ2n) is 6.61. The van der Waals surface area contributed by atoms with Gasteiger partial charge in [0, 0.05) is 21.2 Å². The van der Waals surface area contributed by atoms with E-state index in [0.29, 0.717) is 45.0 Å². The first-order valence-electron chi connectivity index (χ1n) is 9.52. The van der Waals surface area contributed by atoms with Crippen LogP contribution in [0.1, 0.15) is 23.6 Å². The highest BCUT2D eigenvalue weighted by Gasteiger charge is 2.35. The molecule has 2 amide bonds. The fourth-order valence-electron chi connectivity index (χ4n) is 3.20. The normalized spacial score (nSPS) is 15.0. The molecule has 31 heavy (non-hydrogen) atoms. The molecule has 3 rings (SSSR count). The summed E-state index contributed by atoms with van der Waals surface area (Å²) in [6, 6.07) is 8.73. The third-order valence-electron chi connectivity index (χ3n) is 4.57. The fourth-order valence-corrected chi connectivity index (χ4v) is 4.55. The number of hydrogen-bond donors (Lipinski definition) is 0. The number of amides is 2. The van der Waals surface area contributed by atoms with E-state index in [1.54, 1.807) is 43.5 Å². The first kappa shape index (κ1) is 23.3. The maximum Gasteiger partial charge on any atom is 0.293 e. The quantitative estimate of drug-likeness (QED) is 0.326. The molecule has 162 valence electrons. The molecular weight excluding hydrogens is 457 g/mol. The van der Waals surface area contributed by atoms with Crippen molar-refractivity contribution in [1.29, 1.82) is 0 Å². The summed E-state index contributed by atoms with van der Waals surface area (Å²) in [6.45, 7) is 6.13. The molecule has 1 fully saturated rings. The van der Waals surface area contributed by atoms with Gasteiger partial charge in [-0.2, -0.15) is 0 Å². The molecule has 0 unspecified atom stereocenters. The lowest BCUT2D eigenvalue weighted by atomic mass is 10.0. The summed E-state index contributed by atoms with van der Waals surface area (Å²) in [5.74, 6) is 0.795. The summed E-state index contributed by atoms with van der Waals surface area (Å²) >= 11 is 13.3. The number of halogens is 2. The van der Waals surface area contributed by atoms with E-state index in [2.05, 4.69) is 6.58 Å². The molecule has 0 saturated carbocycles. The van der Waals surface area contributed by atoms with E-state index in [9.17, 15) is 9.59 Å². The Labute approximate surface area is 195 Å². The lowest BCUT2D eigenvalue weighted by molar-refractivity contribution is -0.123. The van der Waals surface area contributed by atoms with Crippen molar-refractivity contribution in [3.05, 3.63) is 74.6 Å². The Morgan fingerprint density at radius 3 is 2.52 bits per heavy atom. The van der Waals surface area contributed by atoms with E-state index < -0.39 is 5.91 Å². The summed E-state index contributed by atoms with van der Waals surface area (Å²) in [5.41, 5.74) is 2.13. The molecule has 1 heterocycles. The van der Waals surface area contributed by atoms with Crippen molar-refractivity contribution in [3.8, 4) is 11.5 Å². The van der Waals surface area contributed by atoms with E-state index in [0.717, 1.165) is 27.8 Å². The van der Waals surface area contributed by atoms with Crippen LogP contribution in [-0.2, 0) is 17.8 Å². The van der Waals surface area contributed by atoms with Crippen LogP contribution in [0.15, 0.2) is 47.9 Å². The highest BCUT2D eigenvalue weighted by molar-refractivity contribution is 8.18. The van der Waals surface area contributed by atoms with Crippen LogP contribution in [0.25, 0.3) is 6.08 Å². The van der Waals surface area contributed by atoms with Crippen molar-refractivity contribution in [2.75, 3.05) is 13.7 Å². The van der Waals surface area contributed by atoms with Crippen molar-refractivity contribution in [3.63, 3.8) is 0 Å². The first-order valence-corrected chi connectivity index (χ1v) is 11.1. The second kappa shape index (κ2) is 10.3. The lowest BCUT2D eigenvalue weighted by Crippen LogP contribution is -2.27. The lowest BCUT2D eigenvalue weighted by Gasteiger charge is -2.15. The second-order valence-corrected chi connectivity index (χ2v) is 8.41. The van der Waals surface area contributed by atoms with Gasteiger partial charge in [0.1, 0.15) is 0 Å². The minimum absolute atomic E-state index is 0.00896. The third-order valence-corrected chi connectivity index (χ3v) is 6.19. The molecule has 1 saturated heterocycles. The van der Waals surface area contributed by atoms with Crippen LogP contribution in [0.3, 0.4) is 0 Å². The van der Waals surface area contributed by atoms with Crippen LogP contribution >= 0.6 is 35.0 Å². The van der Waals surface area contributed by atoms with Gasteiger partial charge in [0.2, 0.25) is 0 Å². The first-order chi connectivity index (χ1) is 14.9. The summed E-state index contributed by atoms with van der Waals surface area (Å²) in [7, 11) is 1.58. The monoisotopic (exact) mass is 477 g/mol. The number of allylic oxidation sites excluding steroid dienone is 1. The van der Waals surface area contributed by atoms with E-state index in [1.165, 1.54) is 0 Å². The Hall–Kier alpha value is -2.41. The Morgan fingerprint density at radius 1 is 1.19 bits per heavy atom. The van der Waals surface area contributed by atoms with Crippen LogP contribution in [0.5, 0.6) is 11.5 Å². The predicted molar refractivity (Wildman–Crippen MR) is 126 cm³/mol.